The number of nitrogens with zero attached hydrogens (tertiary/aromatic N) is 5. The van der Waals surface area contributed by atoms with Gasteiger partial charge in [-0.15, -0.1) is 0 Å². The maximum Gasteiger partial charge on any atom is 0.163 e. The van der Waals surface area contributed by atoms with Crippen molar-refractivity contribution in [1.29, 1.82) is 0 Å². The molecule has 3 aromatic heterocycles. The zero-order valence-electron chi connectivity index (χ0n) is 11.3. The number of nitrogen functional groups attached to an aromatic ring is 1. The van der Waals surface area contributed by atoms with E-state index in [0.29, 0.717) is 11.6 Å². The summed E-state index contributed by atoms with van der Waals surface area (Å²) in [6.07, 6.45) is 3.35. The van der Waals surface area contributed by atoms with Crippen LogP contribution in [0.1, 0.15) is 11.4 Å². The lowest BCUT2D eigenvalue weighted by atomic mass is 10.2. The number of pyridine rings is 1. The Kier molecular flexibility index (Phi) is 2.90. The van der Waals surface area contributed by atoms with Crippen molar-refractivity contribution >= 4 is 5.82 Å². The highest BCUT2D eigenvalue weighted by Gasteiger charge is 2.06. The van der Waals surface area contributed by atoms with Crippen LogP contribution in [-0.4, -0.2) is 24.7 Å². The molecule has 100 valence electrons. The van der Waals surface area contributed by atoms with E-state index in [4.69, 9.17) is 5.73 Å². The molecule has 0 aliphatic heterocycles. The van der Waals surface area contributed by atoms with Crippen molar-refractivity contribution in [2.75, 3.05) is 5.73 Å². The fourth-order valence-corrected chi connectivity index (χ4v) is 2.02. The summed E-state index contributed by atoms with van der Waals surface area (Å²) in [7, 11) is 0. The molecule has 0 saturated heterocycles. The zero-order chi connectivity index (χ0) is 14.1. The Labute approximate surface area is 116 Å². The van der Waals surface area contributed by atoms with Crippen LogP contribution in [0.15, 0.2) is 36.7 Å². The number of aromatic nitrogens is 5. The topological polar surface area (TPSA) is 82.5 Å². The highest BCUT2D eigenvalue weighted by atomic mass is 15.3. The molecule has 0 aliphatic carbocycles. The first-order chi connectivity index (χ1) is 9.63. The van der Waals surface area contributed by atoms with Crippen LogP contribution in [0.2, 0.25) is 0 Å². The Hall–Kier alpha value is -2.76. The lowest BCUT2D eigenvalue weighted by Crippen LogP contribution is -2.02. The van der Waals surface area contributed by atoms with Crippen LogP contribution in [-0.2, 0) is 0 Å². The first-order valence-electron chi connectivity index (χ1n) is 6.22. The largest absolute Gasteiger partial charge is 0.384 e. The quantitative estimate of drug-likeness (QED) is 0.766. The Balaban J connectivity index is 1.97. The van der Waals surface area contributed by atoms with Gasteiger partial charge in [0.2, 0.25) is 0 Å². The first-order valence-corrected chi connectivity index (χ1v) is 6.22. The summed E-state index contributed by atoms with van der Waals surface area (Å²) in [5.74, 6) is 1.78. The molecular formula is C14H14N6. The van der Waals surface area contributed by atoms with E-state index >= 15 is 0 Å². The third-order valence-corrected chi connectivity index (χ3v) is 2.91. The monoisotopic (exact) mass is 266 g/mol. The number of aryl methyl sites for hydroxylation is 2. The Morgan fingerprint density at radius 1 is 1.10 bits per heavy atom. The van der Waals surface area contributed by atoms with E-state index in [-0.39, 0.29) is 0 Å². The van der Waals surface area contributed by atoms with Crippen LogP contribution in [0.4, 0.5) is 5.82 Å². The van der Waals surface area contributed by atoms with Gasteiger partial charge in [-0.25, -0.2) is 19.6 Å². The van der Waals surface area contributed by atoms with Crippen molar-refractivity contribution in [3.63, 3.8) is 0 Å². The van der Waals surface area contributed by atoms with E-state index in [1.807, 2.05) is 32.0 Å². The second-order valence-corrected chi connectivity index (χ2v) is 4.55. The molecule has 0 fully saturated rings. The van der Waals surface area contributed by atoms with E-state index in [9.17, 15) is 0 Å². The van der Waals surface area contributed by atoms with Gasteiger partial charge in [0.1, 0.15) is 5.82 Å². The van der Waals surface area contributed by atoms with Gasteiger partial charge in [-0.2, -0.15) is 5.10 Å². The highest BCUT2D eigenvalue weighted by Crippen LogP contribution is 2.16. The molecule has 0 unspecified atom stereocenters. The normalized spacial score (nSPS) is 10.7. The Morgan fingerprint density at radius 2 is 1.95 bits per heavy atom. The fourth-order valence-electron chi connectivity index (χ4n) is 2.02. The third kappa shape index (κ3) is 2.23. The zero-order valence-corrected chi connectivity index (χ0v) is 11.3. The van der Waals surface area contributed by atoms with Gasteiger partial charge in [0.05, 0.1) is 5.69 Å². The van der Waals surface area contributed by atoms with E-state index in [0.717, 1.165) is 22.8 Å². The lowest BCUT2D eigenvalue weighted by molar-refractivity contribution is 0.806. The predicted molar refractivity (Wildman–Crippen MR) is 76.3 cm³/mol. The average Bonchev–Trinajstić information content (AvgIpc) is 2.78. The summed E-state index contributed by atoms with van der Waals surface area (Å²) in [5.41, 5.74) is 8.49. The van der Waals surface area contributed by atoms with E-state index in [1.54, 1.807) is 23.1 Å². The van der Waals surface area contributed by atoms with Gasteiger partial charge in [0, 0.05) is 23.7 Å². The number of hydrogen-bond acceptors (Lipinski definition) is 5. The summed E-state index contributed by atoms with van der Waals surface area (Å²) in [4.78, 5) is 12.8. The second-order valence-electron chi connectivity index (χ2n) is 4.55. The van der Waals surface area contributed by atoms with E-state index < -0.39 is 0 Å². The number of rotatable bonds is 2. The van der Waals surface area contributed by atoms with Crippen LogP contribution >= 0.6 is 0 Å². The van der Waals surface area contributed by atoms with Crippen molar-refractivity contribution < 1.29 is 0 Å². The fraction of sp³-hybridized carbons (Fsp3) is 0.143. The molecule has 0 aromatic carbocycles. The standard InChI is InChI=1S/C14H14N6/c1-9-7-10(2)20(19-9)13-4-3-11(8-17-13)14-16-6-5-12(15)18-14/h3-8H,1-2H3,(H2,15,16,18). The second kappa shape index (κ2) is 4.73. The number of anilines is 1. The van der Waals surface area contributed by atoms with Gasteiger partial charge < -0.3 is 5.73 Å². The Bertz CT molecular complexity index is 745. The molecular weight excluding hydrogens is 252 g/mol. The minimum absolute atomic E-state index is 0.442. The minimum atomic E-state index is 0.442. The van der Waals surface area contributed by atoms with E-state index in [2.05, 4.69) is 20.1 Å². The SMILES string of the molecule is Cc1cc(C)n(-c2ccc(-c3nccc(N)n3)cn2)n1. The van der Waals surface area contributed by atoms with Gasteiger partial charge in [-0.1, -0.05) is 0 Å². The van der Waals surface area contributed by atoms with Gasteiger partial charge in [0.15, 0.2) is 11.6 Å². The van der Waals surface area contributed by atoms with Gasteiger partial charge in [-0.05, 0) is 38.1 Å². The molecule has 3 aromatic rings. The molecule has 0 atom stereocenters. The molecule has 2 N–H and O–H groups in total. The molecule has 0 spiro atoms. The lowest BCUT2D eigenvalue weighted by Gasteiger charge is -2.05. The van der Waals surface area contributed by atoms with Gasteiger partial charge >= 0.3 is 0 Å². The van der Waals surface area contributed by atoms with Crippen LogP contribution < -0.4 is 5.73 Å². The maximum absolute atomic E-state index is 5.65. The summed E-state index contributed by atoms with van der Waals surface area (Å²) >= 11 is 0. The van der Waals surface area contributed by atoms with Crippen molar-refractivity contribution in [3.8, 4) is 17.2 Å². The first kappa shape index (κ1) is 12.3. The number of hydrogen-bond donors (Lipinski definition) is 1. The smallest absolute Gasteiger partial charge is 0.163 e. The maximum atomic E-state index is 5.65. The van der Waals surface area contributed by atoms with Crippen molar-refractivity contribution in [2.45, 2.75) is 13.8 Å². The minimum Gasteiger partial charge on any atom is -0.384 e. The molecule has 0 aliphatic rings. The van der Waals surface area contributed by atoms with E-state index in [1.165, 1.54) is 0 Å². The number of nitrogens with two attached hydrogens (primary N) is 1. The Morgan fingerprint density at radius 3 is 2.55 bits per heavy atom. The molecule has 0 saturated carbocycles. The predicted octanol–water partition coefficient (Wildman–Crippen LogP) is 1.92. The van der Waals surface area contributed by atoms with Crippen LogP contribution in [0, 0.1) is 13.8 Å². The highest BCUT2D eigenvalue weighted by molar-refractivity contribution is 5.55. The third-order valence-electron chi connectivity index (χ3n) is 2.91. The molecule has 6 nitrogen and oxygen atoms in total. The van der Waals surface area contributed by atoms with Crippen molar-refractivity contribution in [2.24, 2.45) is 0 Å². The molecule has 0 radical (unpaired) electrons. The molecule has 0 amide bonds. The molecule has 3 rings (SSSR count). The van der Waals surface area contributed by atoms with Crippen molar-refractivity contribution in [3.05, 3.63) is 48.0 Å². The van der Waals surface area contributed by atoms with Crippen LogP contribution in [0.25, 0.3) is 17.2 Å². The summed E-state index contributed by atoms with van der Waals surface area (Å²) in [6.45, 7) is 3.95. The molecule has 3 heterocycles. The van der Waals surface area contributed by atoms with Gasteiger partial charge in [0.25, 0.3) is 0 Å². The molecule has 20 heavy (non-hydrogen) atoms. The molecule has 0 bridgehead atoms. The summed E-state index contributed by atoms with van der Waals surface area (Å²) in [5, 5.41) is 4.40. The molecule has 6 heteroatoms. The van der Waals surface area contributed by atoms with Crippen LogP contribution in [0.3, 0.4) is 0 Å². The average molecular weight is 266 g/mol. The van der Waals surface area contributed by atoms with Crippen LogP contribution in [0.5, 0.6) is 0 Å². The van der Waals surface area contributed by atoms with Gasteiger partial charge in [-0.3, -0.25) is 0 Å². The summed E-state index contributed by atoms with van der Waals surface area (Å²) in [6, 6.07) is 7.46. The summed E-state index contributed by atoms with van der Waals surface area (Å²) < 4.78 is 1.80. The van der Waals surface area contributed by atoms with Crippen molar-refractivity contribution in [1.82, 2.24) is 24.7 Å².